The van der Waals surface area contributed by atoms with E-state index in [4.69, 9.17) is 0 Å². The second-order valence-corrected chi connectivity index (χ2v) is 6.33. The Hall–Kier alpha value is -1.51. The SMILES string of the molecule is CCNc1ccc(C)cc1C(=O)NC1CC2CCC1C2. The van der Waals surface area contributed by atoms with E-state index in [9.17, 15) is 4.79 Å². The van der Waals surface area contributed by atoms with Crippen LogP contribution in [-0.4, -0.2) is 18.5 Å². The first kappa shape index (κ1) is 13.5. The normalized spacial score (nSPS) is 27.6. The Bertz CT molecular complexity index is 512. The van der Waals surface area contributed by atoms with Crippen molar-refractivity contribution >= 4 is 11.6 Å². The summed E-state index contributed by atoms with van der Waals surface area (Å²) in [5.74, 6) is 1.66. The van der Waals surface area contributed by atoms with E-state index in [0.717, 1.165) is 35.2 Å². The minimum absolute atomic E-state index is 0.0854. The fourth-order valence-corrected chi connectivity index (χ4v) is 3.86. The van der Waals surface area contributed by atoms with Crippen LogP contribution in [0.5, 0.6) is 0 Å². The Morgan fingerprint density at radius 1 is 1.30 bits per heavy atom. The standard InChI is InChI=1S/C17H24N2O/c1-3-18-15-7-4-11(2)8-14(15)17(20)19-16-10-12-5-6-13(16)9-12/h4,7-8,12-13,16,18H,3,5-6,9-10H2,1-2H3,(H,19,20). The van der Waals surface area contributed by atoms with Crippen molar-refractivity contribution in [3.63, 3.8) is 0 Å². The van der Waals surface area contributed by atoms with E-state index in [-0.39, 0.29) is 5.91 Å². The summed E-state index contributed by atoms with van der Waals surface area (Å²) in [6.07, 6.45) is 5.16. The molecule has 3 rings (SSSR count). The summed E-state index contributed by atoms with van der Waals surface area (Å²) in [4.78, 5) is 12.6. The van der Waals surface area contributed by atoms with Crippen molar-refractivity contribution in [2.24, 2.45) is 11.8 Å². The van der Waals surface area contributed by atoms with Gasteiger partial charge in [0.2, 0.25) is 0 Å². The molecule has 0 aliphatic heterocycles. The number of anilines is 1. The minimum Gasteiger partial charge on any atom is -0.385 e. The Morgan fingerprint density at radius 2 is 2.15 bits per heavy atom. The van der Waals surface area contributed by atoms with Crippen LogP contribution >= 0.6 is 0 Å². The van der Waals surface area contributed by atoms with Crippen LogP contribution in [0.15, 0.2) is 18.2 Å². The summed E-state index contributed by atoms with van der Waals surface area (Å²) in [6, 6.07) is 6.44. The first-order valence-corrected chi connectivity index (χ1v) is 7.82. The quantitative estimate of drug-likeness (QED) is 0.882. The number of rotatable bonds is 4. The van der Waals surface area contributed by atoms with E-state index in [1.807, 2.05) is 25.1 Å². The highest BCUT2D eigenvalue weighted by Gasteiger charge is 2.40. The molecule has 3 nitrogen and oxygen atoms in total. The molecule has 2 aliphatic carbocycles. The van der Waals surface area contributed by atoms with Crippen LogP contribution in [0.2, 0.25) is 0 Å². The number of hydrogen-bond acceptors (Lipinski definition) is 2. The molecule has 1 amide bonds. The third-order valence-electron chi connectivity index (χ3n) is 4.84. The van der Waals surface area contributed by atoms with E-state index in [0.29, 0.717) is 6.04 Å². The lowest BCUT2D eigenvalue weighted by Gasteiger charge is -2.23. The molecule has 0 aromatic heterocycles. The molecule has 0 heterocycles. The average molecular weight is 272 g/mol. The highest BCUT2D eigenvalue weighted by molar-refractivity contribution is 6.00. The molecule has 2 aliphatic rings. The van der Waals surface area contributed by atoms with Gasteiger partial charge in [-0.15, -0.1) is 0 Å². The van der Waals surface area contributed by atoms with Gasteiger partial charge in [-0.3, -0.25) is 4.79 Å². The molecule has 3 unspecified atom stereocenters. The number of hydrogen-bond donors (Lipinski definition) is 2. The number of benzene rings is 1. The van der Waals surface area contributed by atoms with Crippen LogP contribution in [0, 0.1) is 18.8 Å². The molecule has 1 aromatic carbocycles. The molecule has 2 saturated carbocycles. The Labute approximate surface area is 121 Å². The molecule has 0 saturated heterocycles. The fourth-order valence-electron chi connectivity index (χ4n) is 3.86. The molecule has 2 fully saturated rings. The number of carbonyl (C=O) groups excluding carboxylic acids is 1. The summed E-state index contributed by atoms with van der Waals surface area (Å²) in [5.41, 5.74) is 2.86. The second-order valence-electron chi connectivity index (χ2n) is 6.33. The van der Waals surface area contributed by atoms with Crippen LogP contribution < -0.4 is 10.6 Å². The second kappa shape index (κ2) is 5.47. The Balaban J connectivity index is 1.74. The van der Waals surface area contributed by atoms with Crippen molar-refractivity contribution < 1.29 is 4.79 Å². The molecule has 0 radical (unpaired) electrons. The number of aryl methyl sites for hydroxylation is 1. The van der Waals surface area contributed by atoms with Gasteiger partial charge < -0.3 is 10.6 Å². The van der Waals surface area contributed by atoms with Gasteiger partial charge in [0.15, 0.2) is 0 Å². The monoisotopic (exact) mass is 272 g/mol. The van der Waals surface area contributed by atoms with Crippen molar-refractivity contribution in [2.45, 2.75) is 45.6 Å². The van der Waals surface area contributed by atoms with Crippen LogP contribution in [-0.2, 0) is 0 Å². The third kappa shape index (κ3) is 2.54. The zero-order valence-electron chi connectivity index (χ0n) is 12.4. The molecule has 0 spiro atoms. The van der Waals surface area contributed by atoms with Crippen LogP contribution in [0.1, 0.15) is 48.5 Å². The maximum Gasteiger partial charge on any atom is 0.253 e. The highest BCUT2D eigenvalue weighted by atomic mass is 16.1. The summed E-state index contributed by atoms with van der Waals surface area (Å²) >= 11 is 0. The Morgan fingerprint density at radius 3 is 2.80 bits per heavy atom. The smallest absolute Gasteiger partial charge is 0.253 e. The van der Waals surface area contributed by atoms with Crippen LogP contribution in [0.3, 0.4) is 0 Å². The van der Waals surface area contributed by atoms with Gasteiger partial charge in [-0.25, -0.2) is 0 Å². The van der Waals surface area contributed by atoms with Crippen LogP contribution in [0.4, 0.5) is 5.69 Å². The lowest BCUT2D eigenvalue weighted by molar-refractivity contribution is 0.0923. The number of nitrogens with one attached hydrogen (secondary N) is 2. The highest BCUT2D eigenvalue weighted by Crippen LogP contribution is 2.44. The first-order chi connectivity index (χ1) is 9.67. The van der Waals surface area contributed by atoms with Gasteiger partial charge in [-0.2, -0.15) is 0 Å². The average Bonchev–Trinajstić information content (AvgIpc) is 3.03. The van der Waals surface area contributed by atoms with Crippen molar-refractivity contribution in [1.82, 2.24) is 5.32 Å². The van der Waals surface area contributed by atoms with Crippen molar-refractivity contribution in [1.29, 1.82) is 0 Å². The van der Waals surface area contributed by atoms with Gasteiger partial charge in [0.05, 0.1) is 5.56 Å². The summed E-state index contributed by atoms with van der Waals surface area (Å²) < 4.78 is 0. The third-order valence-corrected chi connectivity index (χ3v) is 4.84. The fraction of sp³-hybridized carbons (Fsp3) is 0.588. The maximum atomic E-state index is 12.6. The van der Waals surface area contributed by atoms with Gasteiger partial charge in [-0.1, -0.05) is 18.1 Å². The van der Waals surface area contributed by atoms with Gasteiger partial charge in [0.25, 0.3) is 5.91 Å². The predicted molar refractivity (Wildman–Crippen MR) is 82.0 cm³/mol. The summed E-state index contributed by atoms with van der Waals surface area (Å²) in [5, 5.41) is 6.56. The van der Waals surface area contributed by atoms with Gasteiger partial charge in [0, 0.05) is 18.3 Å². The summed E-state index contributed by atoms with van der Waals surface area (Å²) in [7, 11) is 0. The van der Waals surface area contributed by atoms with Gasteiger partial charge in [-0.05, 0) is 57.1 Å². The number of carbonyl (C=O) groups is 1. The number of amides is 1. The zero-order valence-corrected chi connectivity index (χ0v) is 12.4. The van der Waals surface area contributed by atoms with Gasteiger partial charge in [0.1, 0.15) is 0 Å². The maximum absolute atomic E-state index is 12.6. The molecule has 2 bridgehead atoms. The largest absolute Gasteiger partial charge is 0.385 e. The van der Waals surface area contributed by atoms with Crippen molar-refractivity contribution in [3.8, 4) is 0 Å². The Kier molecular flexibility index (Phi) is 3.68. The van der Waals surface area contributed by atoms with E-state index in [1.165, 1.54) is 25.7 Å². The van der Waals surface area contributed by atoms with E-state index in [2.05, 4.69) is 17.6 Å². The van der Waals surface area contributed by atoms with Crippen molar-refractivity contribution in [3.05, 3.63) is 29.3 Å². The lowest BCUT2D eigenvalue weighted by Crippen LogP contribution is -2.38. The molecule has 1 aromatic rings. The molecule has 3 heteroatoms. The predicted octanol–water partition coefficient (Wildman–Crippen LogP) is 3.35. The van der Waals surface area contributed by atoms with E-state index in [1.54, 1.807) is 0 Å². The van der Waals surface area contributed by atoms with E-state index < -0.39 is 0 Å². The summed E-state index contributed by atoms with van der Waals surface area (Å²) in [6.45, 7) is 4.92. The topological polar surface area (TPSA) is 41.1 Å². The first-order valence-electron chi connectivity index (χ1n) is 7.82. The molecular formula is C17H24N2O. The molecule has 3 atom stereocenters. The minimum atomic E-state index is 0.0854. The molecule has 2 N–H and O–H groups in total. The number of fused-ring (bicyclic) bond motifs is 2. The molecule has 20 heavy (non-hydrogen) atoms. The van der Waals surface area contributed by atoms with E-state index >= 15 is 0 Å². The van der Waals surface area contributed by atoms with Crippen LogP contribution in [0.25, 0.3) is 0 Å². The van der Waals surface area contributed by atoms with Gasteiger partial charge >= 0.3 is 0 Å². The van der Waals surface area contributed by atoms with Crippen molar-refractivity contribution in [2.75, 3.05) is 11.9 Å². The molecule has 108 valence electrons. The zero-order chi connectivity index (χ0) is 14.1. The molecular weight excluding hydrogens is 248 g/mol. The lowest BCUT2D eigenvalue weighted by atomic mass is 9.95.